The molecule has 27 heavy (non-hydrogen) atoms. The maximum atomic E-state index is 12.4. The fourth-order valence-electron chi connectivity index (χ4n) is 2.46. The van der Waals surface area contributed by atoms with Crippen LogP contribution in [0, 0.1) is 0 Å². The van der Waals surface area contributed by atoms with Crippen LogP contribution in [0.4, 0.5) is 5.69 Å². The van der Waals surface area contributed by atoms with E-state index in [4.69, 9.17) is 14.2 Å². The van der Waals surface area contributed by atoms with Crippen molar-refractivity contribution in [1.82, 2.24) is 4.90 Å². The first-order chi connectivity index (χ1) is 13.1. The third-order valence-electron chi connectivity index (χ3n) is 3.87. The number of rotatable bonds is 9. The van der Waals surface area contributed by atoms with Gasteiger partial charge >= 0.3 is 0 Å². The third-order valence-corrected chi connectivity index (χ3v) is 3.87. The molecule has 2 aromatic rings. The van der Waals surface area contributed by atoms with E-state index < -0.39 is 0 Å². The average Bonchev–Trinajstić information content (AvgIpc) is 2.70. The van der Waals surface area contributed by atoms with Crippen LogP contribution in [0.15, 0.2) is 48.5 Å². The SMILES string of the molecule is CCN(CC(=O)Nc1ccccc1OC)C(=O)COc1ccccc1OC. The third kappa shape index (κ3) is 5.64. The first-order valence-electron chi connectivity index (χ1n) is 8.55. The second-order valence-corrected chi connectivity index (χ2v) is 5.60. The van der Waals surface area contributed by atoms with Crippen molar-refractivity contribution in [1.29, 1.82) is 0 Å². The number of anilines is 1. The highest BCUT2D eigenvalue weighted by Crippen LogP contribution is 2.26. The van der Waals surface area contributed by atoms with Crippen molar-refractivity contribution >= 4 is 17.5 Å². The number of hydrogen-bond donors (Lipinski definition) is 1. The summed E-state index contributed by atoms with van der Waals surface area (Å²) in [5.41, 5.74) is 0.554. The zero-order valence-corrected chi connectivity index (χ0v) is 15.7. The number of carbonyl (C=O) groups is 2. The van der Waals surface area contributed by atoms with Gasteiger partial charge in [-0.05, 0) is 31.2 Å². The molecule has 0 saturated carbocycles. The summed E-state index contributed by atoms with van der Waals surface area (Å²) in [4.78, 5) is 26.1. The zero-order chi connectivity index (χ0) is 19.6. The Bertz CT molecular complexity index is 778. The van der Waals surface area contributed by atoms with E-state index in [0.717, 1.165) is 0 Å². The number of carbonyl (C=O) groups excluding carboxylic acids is 2. The molecule has 0 spiro atoms. The minimum Gasteiger partial charge on any atom is -0.495 e. The van der Waals surface area contributed by atoms with Crippen LogP contribution in [0.25, 0.3) is 0 Å². The summed E-state index contributed by atoms with van der Waals surface area (Å²) in [7, 11) is 3.06. The van der Waals surface area contributed by atoms with Crippen LogP contribution < -0.4 is 19.5 Å². The number of nitrogens with one attached hydrogen (secondary N) is 1. The molecule has 0 bridgehead atoms. The van der Waals surface area contributed by atoms with Crippen molar-refractivity contribution in [2.24, 2.45) is 0 Å². The maximum absolute atomic E-state index is 12.4. The molecule has 7 nitrogen and oxygen atoms in total. The van der Waals surface area contributed by atoms with E-state index in [9.17, 15) is 9.59 Å². The summed E-state index contributed by atoms with van der Waals surface area (Å²) < 4.78 is 15.9. The molecule has 0 heterocycles. The van der Waals surface area contributed by atoms with E-state index in [0.29, 0.717) is 29.5 Å². The summed E-state index contributed by atoms with van der Waals surface area (Å²) in [5.74, 6) is 0.968. The largest absolute Gasteiger partial charge is 0.495 e. The summed E-state index contributed by atoms with van der Waals surface area (Å²) in [5, 5.41) is 2.75. The van der Waals surface area contributed by atoms with Crippen LogP contribution in [0.2, 0.25) is 0 Å². The van der Waals surface area contributed by atoms with E-state index in [2.05, 4.69) is 5.32 Å². The predicted molar refractivity (Wildman–Crippen MR) is 102 cm³/mol. The van der Waals surface area contributed by atoms with E-state index in [1.54, 1.807) is 43.3 Å². The molecule has 0 saturated heterocycles. The van der Waals surface area contributed by atoms with E-state index in [1.807, 2.05) is 12.1 Å². The monoisotopic (exact) mass is 372 g/mol. The first-order valence-corrected chi connectivity index (χ1v) is 8.55. The highest BCUT2D eigenvalue weighted by atomic mass is 16.5. The Hall–Kier alpha value is -3.22. The molecule has 7 heteroatoms. The van der Waals surface area contributed by atoms with Crippen molar-refractivity contribution in [2.75, 3.05) is 39.2 Å². The lowest BCUT2D eigenvalue weighted by Crippen LogP contribution is -2.40. The summed E-state index contributed by atoms with van der Waals surface area (Å²) in [6.07, 6.45) is 0. The van der Waals surface area contributed by atoms with Gasteiger partial charge in [0.05, 0.1) is 26.5 Å². The van der Waals surface area contributed by atoms with Crippen molar-refractivity contribution in [3.63, 3.8) is 0 Å². The maximum Gasteiger partial charge on any atom is 0.260 e. The number of ether oxygens (including phenoxy) is 3. The standard InChI is InChI=1S/C20H24N2O5/c1-4-22(13-19(23)21-15-9-5-6-10-16(15)25-2)20(24)14-27-18-12-8-7-11-17(18)26-3/h5-12H,4,13-14H2,1-3H3,(H,21,23). The molecule has 1 N–H and O–H groups in total. The molecular formula is C20H24N2O5. The van der Waals surface area contributed by atoms with E-state index >= 15 is 0 Å². The molecule has 0 aliphatic rings. The first kappa shape index (κ1) is 20.1. The molecule has 0 radical (unpaired) electrons. The molecule has 0 fully saturated rings. The van der Waals surface area contributed by atoms with Crippen LogP contribution in [0.3, 0.4) is 0 Å². The number of para-hydroxylation sites is 4. The van der Waals surface area contributed by atoms with E-state index in [-0.39, 0.29) is 25.0 Å². The smallest absolute Gasteiger partial charge is 0.260 e. The number of amides is 2. The Labute approximate surface area is 158 Å². The fourth-order valence-corrected chi connectivity index (χ4v) is 2.46. The Morgan fingerprint density at radius 3 is 2.15 bits per heavy atom. The van der Waals surface area contributed by atoms with Crippen molar-refractivity contribution in [3.05, 3.63) is 48.5 Å². The van der Waals surface area contributed by atoms with Gasteiger partial charge in [0.25, 0.3) is 5.91 Å². The van der Waals surface area contributed by atoms with Crippen molar-refractivity contribution in [2.45, 2.75) is 6.92 Å². The Morgan fingerprint density at radius 1 is 0.926 bits per heavy atom. The number of methoxy groups -OCH3 is 2. The van der Waals surface area contributed by atoms with Gasteiger partial charge in [-0.1, -0.05) is 24.3 Å². The van der Waals surface area contributed by atoms with Gasteiger partial charge in [-0.15, -0.1) is 0 Å². The molecule has 0 unspecified atom stereocenters. The normalized spacial score (nSPS) is 10.0. The quantitative estimate of drug-likeness (QED) is 0.732. The molecule has 0 atom stereocenters. The van der Waals surface area contributed by atoms with Crippen molar-refractivity contribution in [3.8, 4) is 17.2 Å². The number of hydrogen-bond acceptors (Lipinski definition) is 5. The molecule has 144 valence electrons. The second kappa shape index (κ2) is 10.1. The van der Waals surface area contributed by atoms with Gasteiger partial charge in [0.2, 0.25) is 5.91 Å². The lowest BCUT2D eigenvalue weighted by Gasteiger charge is -2.21. The molecular weight excluding hydrogens is 348 g/mol. The molecule has 2 amide bonds. The van der Waals surface area contributed by atoms with Crippen LogP contribution >= 0.6 is 0 Å². The average molecular weight is 372 g/mol. The second-order valence-electron chi connectivity index (χ2n) is 5.60. The minimum absolute atomic E-state index is 0.0807. The van der Waals surface area contributed by atoms with Crippen LogP contribution in [-0.2, 0) is 9.59 Å². The molecule has 0 aromatic heterocycles. The highest BCUT2D eigenvalue weighted by Gasteiger charge is 2.17. The summed E-state index contributed by atoms with van der Waals surface area (Å²) >= 11 is 0. The Kier molecular flexibility index (Phi) is 7.49. The van der Waals surface area contributed by atoms with Crippen molar-refractivity contribution < 1.29 is 23.8 Å². The molecule has 2 rings (SSSR count). The Morgan fingerprint density at radius 2 is 1.52 bits per heavy atom. The summed E-state index contributed by atoms with van der Waals surface area (Å²) in [6, 6.07) is 14.2. The topological polar surface area (TPSA) is 77.1 Å². The molecule has 0 aliphatic carbocycles. The summed E-state index contributed by atoms with van der Waals surface area (Å²) in [6.45, 7) is 1.92. The number of benzene rings is 2. The minimum atomic E-state index is -0.313. The van der Waals surface area contributed by atoms with Gasteiger partial charge in [-0.2, -0.15) is 0 Å². The number of likely N-dealkylation sites (N-methyl/N-ethyl adjacent to an activating group) is 1. The van der Waals surface area contributed by atoms with Gasteiger partial charge < -0.3 is 24.4 Å². The van der Waals surface area contributed by atoms with Gasteiger partial charge in [-0.3, -0.25) is 9.59 Å². The highest BCUT2D eigenvalue weighted by molar-refractivity contribution is 5.95. The Balaban J connectivity index is 1.93. The lowest BCUT2D eigenvalue weighted by molar-refractivity contribution is -0.136. The van der Waals surface area contributed by atoms with Gasteiger partial charge in [0, 0.05) is 6.54 Å². The van der Waals surface area contributed by atoms with Crippen LogP contribution in [0.5, 0.6) is 17.2 Å². The lowest BCUT2D eigenvalue weighted by atomic mass is 10.3. The molecule has 0 aliphatic heterocycles. The zero-order valence-electron chi connectivity index (χ0n) is 15.7. The number of nitrogens with zero attached hydrogens (tertiary/aromatic N) is 1. The van der Waals surface area contributed by atoms with Crippen LogP contribution in [-0.4, -0.2) is 50.6 Å². The fraction of sp³-hybridized carbons (Fsp3) is 0.300. The molecule has 2 aromatic carbocycles. The van der Waals surface area contributed by atoms with Gasteiger partial charge in [0.1, 0.15) is 5.75 Å². The predicted octanol–water partition coefficient (Wildman–Crippen LogP) is 2.57. The van der Waals surface area contributed by atoms with Gasteiger partial charge in [-0.25, -0.2) is 0 Å². The van der Waals surface area contributed by atoms with Crippen LogP contribution in [0.1, 0.15) is 6.92 Å². The van der Waals surface area contributed by atoms with E-state index in [1.165, 1.54) is 19.1 Å². The van der Waals surface area contributed by atoms with Gasteiger partial charge in [0.15, 0.2) is 18.1 Å².